The van der Waals surface area contributed by atoms with E-state index in [2.05, 4.69) is 43.3 Å². The van der Waals surface area contributed by atoms with Crippen LogP contribution in [0.15, 0.2) is 84.9 Å². The summed E-state index contributed by atoms with van der Waals surface area (Å²) in [6.45, 7) is 2.65. The zero-order valence-electron chi connectivity index (χ0n) is 13.9. The Labute approximate surface area is 143 Å². The Morgan fingerprint density at radius 1 is 0.708 bits per heavy atom. The van der Waals surface area contributed by atoms with Crippen LogP contribution in [0.5, 0.6) is 11.5 Å². The molecule has 0 aromatic heterocycles. The first-order valence-electron chi connectivity index (χ1n) is 8.27. The van der Waals surface area contributed by atoms with Gasteiger partial charge in [0.2, 0.25) is 0 Å². The molecule has 3 rings (SSSR count). The average Bonchev–Trinajstić information content (AvgIpc) is 2.62. The maximum absolute atomic E-state index is 6.03. The lowest BCUT2D eigenvalue weighted by molar-refractivity contribution is 0.220. The second kappa shape index (κ2) is 8.21. The van der Waals surface area contributed by atoms with E-state index in [1.807, 2.05) is 48.5 Å². The SMILES string of the molecule is C[C@@H](Cc1ccccc1)Oc1cccc(OCc2ccccc2)c1. The molecule has 0 unspecified atom stereocenters. The first-order valence-corrected chi connectivity index (χ1v) is 8.27. The van der Waals surface area contributed by atoms with Crippen molar-refractivity contribution in [2.75, 3.05) is 0 Å². The van der Waals surface area contributed by atoms with Gasteiger partial charge in [0.15, 0.2) is 0 Å². The molecule has 0 saturated heterocycles. The summed E-state index contributed by atoms with van der Waals surface area (Å²) in [4.78, 5) is 0. The Balaban J connectivity index is 1.56. The molecule has 1 atom stereocenters. The summed E-state index contributed by atoms with van der Waals surface area (Å²) in [5.41, 5.74) is 2.43. The van der Waals surface area contributed by atoms with E-state index in [1.165, 1.54) is 5.56 Å². The summed E-state index contributed by atoms with van der Waals surface area (Å²) in [5.74, 6) is 1.66. The van der Waals surface area contributed by atoms with Crippen molar-refractivity contribution in [3.63, 3.8) is 0 Å². The van der Waals surface area contributed by atoms with Crippen molar-refractivity contribution in [1.82, 2.24) is 0 Å². The lowest BCUT2D eigenvalue weighted by Crippen LogP contribution is -2.15. The van der Waals surface area contributed by atoms with E-state index < -0.39 is 0 Å². The maximum Gasteiger partial charge on any atom is 0.123 e. The van der Waals surface area contributed by atoms with Crippen molar-refractivity contribution in [2.45, 2.75) is 26.1 Å². The van der Waals surface area contributed by atoms with Crippen molar-refractivity contribution >= 4 is 0 Å². The third-order valence-electron chi connectivity index (χ3n) is 3.76. The second-order valence-corrected chi connectivity index (χ2v) is 5.87. The van der Waals surface area contributed by atoms with E-state index >= 15 is 0 Å². The molecule has 0 bridgehead atoms. The van der Waals surface area contributed by atoms with Crippen molar-refractivity contribution in [3.8, 4) is 11.5 Å². The van der Waals surface area contributed by atoms with Crippen LogP contribution < -0.4 is 9.47 Å². The molecule has 0 N–H and O–H groups in total. The summed E-state index contributed by atoms with van der Waals surface area (Å²) < 4.78 is 11.9. The molecule has 0 aliphatic carbocycles. The molecule has 3 aromatic rings. The molecule has 0 saturated carbocycles. The third kappa shape index (κ3) is 4.88. The fourth-order valence-corrected chi connectivity index (χ4v) is 2.60. The maximum atomic E-state index is 6.03. The number of hydrogen-bond acceptors (Lipinski definition) is 2. The Kier molecular flexibility index (Phi) is 5.52. The normalized spacial score (nSPS) is 11.7. The molecule has 3 aromatic carbocycles. The molecule has 0 aliphatic rings. The highest BCUT2D eigenvalue weighted by Gasteiger charge is 2.06. The van der Waals surface area contributed by atoms with Crippen LogP contribution in [0.1, 0.15) is 18.1 Å². The Morgan fingerprint density at radius 2 is 1.33 bits per heavy atom. The van der Waals surface area contributed by atoms with Gasteiger partial charge in [-0.25, -0.2) is 0 Å². The van der Waals surface area contributed by atoms with Crippen LogP contribution in [0, 0.1) is 0 Å². The van der Waals surface area contributed by atoms with E-state index in [4.69, 9.17) is 9.47 Å². The van der Waals surface area contributed by atoms with Gasteiger partial charge >= 0.3 is 0 Å². The number of rotatable bonds is 7. The highest BCUT2D eigenvalue weighted by atomic mass is 16.5. The van der Waals surface area contributed by atoms with Crippen molar-refractivity contribution in [1.29, 1.82) is 0 Å². The van der Waals surface area contributed by atoms with Gasteiger partial charge in [0.25, 0.3) is 0 Å². The van der Waals surface area contributed by atoms with Gasteiger partial charge in [-0.3, -0.25) is 0 Å². The molecule has 0 heterocycles. The highest BCUT2D eigenvalue weighted by molar-refractivity contribution is 5.33. The zero-order chi connectivity index (χ0) is 16.6. The minimum absolute atomic E-state index is 0.108. The molecule has 122 valence electrons. The lowest BCUT2D eigenvalue weighted by Gasteiger charge is -2.16. The van der Waals surface area contributed by atoms with Crippen LogP contribution in [0.25, 0.3) is 0 Å². The molecule has 0 amide bonds. The first kappa shape index (κ1) is 16.1. The van der Waals surface area contributed by atoms with Gasteiger partial charge in [0, 0.05) is 12.5 Å². The Hall–Kier alpha value is -2.74. The van der Waals surface area contributed by atoms with E-state index in [9.17, 15) is 0 Å². The summed E-state index contributed by atoms with van der Waals surface area (Å²) in [7, 11) is 0. The van der Waals surface area contributed by atoms with Crippen molar-refractivity contribution in [3.05, 3.63) is 96.1 Å². The minimum atomic E-state index is 0.108. The predicted octanol–water partition coefficient (Wildman–Crippen LogP) is 5.28. The van der Waals surface area contributed by atoms with Gasteiger partial charge in [-0.05, 0) is 30.2 Å². The first-order chi connectivity index (χ1) is 11.8. The van der Waals surface area contributed by atoms with E-state index in [-0.39, 0.29) is 6.10 Å². The highest BCUT2D eigenvalue weighted by Crippen LogP contribution is 2.22. The molecule has 2 nitrogen and oxygen atoms in total. The number of ether oxygens (including phenoxy) is 2. The van der Waals surface area contributed by atoms with Crippen LogP contribution in [0.3, 0.4) is 0 Å². The molecular formula is C22H22O2. The molecule has 0 radical (unpaired) electrons. The monoisotopic (exact) mass is 318 g/mol. The fourth-order valence-electron chi connectivity index (χ4n) is 2.60. The molecule has 2 heteroatoms. The topological polar surface area (TPSA) is 18.5 Å². The molecule has 0 fully saturated rings. The van der Waals surface area contributed by atoms with Gasteiger partial charge in [0.05, 0.1) is 6.10 Å². The Morgan fingerprint density at radius 3 is 2.04 bits per heavy atom. The number of hydrogen-bond donors (Lipinski definition) is 0. The van der Waals surface area contributed by atoms with Crippen LogP contribution in [-0.4, -0.2) is 6.10 Å². The molecule has 24 heavy (non-hydrogen) atoms. The van der Waals surface area contributed by atoms with Crippen molar-refractivity contribution < 1.29 is 9.47 Å². The number of benzene rings is 3. The van der Waals surface area contributed by atoms with Crippen LogP contribution in [0.2, 0.25) is 0 Å². The average molecular weight is 318 g/mol. The third-order valence-corrected chi connectivity index (χ3v) is 3.76. The summed E-state index contributed by atoms with van der Waals surface area (Å²) in [6.07, 6.45) is 0.993. The van der Waals surface area contributed by atoms with Gasteiger partial charge < -0.3 is 9.47 Å². The largest absolute Gasteiger partial charge is 0.490 e. The standard InChI is InChI=1S/C22H22O2/c1-18(15-19-9-4-2-5-10-19)24-22-14-8-13-21(16-22)23-17-20-11-6-3-7-12-20/h2-14,16,18H,15,17H2,1H3/t18-/m0/s1. The van der Waals surface area contributed by atoms with Crippen LogP contribution in [0.4, 0.5) is 0 Å². The van der Waals surface area contributed by atoms with E-state index in [0.29, 0.717) is 6.61 Å². The van der Waals surface area contributed by atoms with Gasteiger partial charge in [-0.2, -0.15) is 0 Å². The smallest absolute Gasteiger partial charge is 0.123 e. The molecule has 0 spiro atoms. The minimum Gasteiger partial charge on any atom is -0.490 e. The zero-order valence-corrected chi connectivity index (χ0v) is 13.9. The van der Waals surface area contributed by atoms with Crippen LogP contribution in [-0.2, 0) is 13.0 Å². The summed E-state index contributed by atoms with van der Waals surface area (Å²) >= 11 is 0. The molecular weight excluding hydrogens is 296 g/mol. The van der Waals surface area contributed by atoms with Gasteiger partial charge in [-0.1, -0.05) is 66.7 Å². The predicted molar refractivity (Wildman–Crippen MR) is 97.5 cm³/mol. The second-order valence-electron chi connectivity index (χ2n) is 5.87. The van der Waals surface area contributed by atoms with Crippen LogP contribution >= 0.6 is 0 Å². The van der Waals surface area contributed by atoms with E-state index in [1.54, 1.807) is 0 Å². The van der Waals surface area contributed by atoms with Gasteiger partial charge in [-0.15, -0.1) is 0 Å². The van der Waals surface area contributed by atoms with Crippen molar-refractivity contribution in [2.24, 2.45) is 0 Å². The quantitative estimate of drug-likeness (QED) is 0.590. The van der Waals surface area contributed by atoms with Gasteiger partial charge in [0.1, 0.15) is 18.1 Å². The summed E-state index contributed by atoms with van der Waals surface area (Å²) in [6, 6.07) is 28.4. The summed E-state index contributed by atoms with van der Waals surface area (Å²) in [5, 5.41) is 0. The lowest BCUT2D eigenvalue weighted by atomic mass is 10.1. The molecule has 0 aliphatic heterocycles. The Bertz CT molecular complexity index is 738. The van der Waals surface area contributed by atoms with E-state index in [0.717, 1.165) is 23.5 Å². The fraction of sp³-hybridized carbons (Fsp3) is 0.182.